The van der Waals surface area contributed by atoms with E-state index in [1.807, 2.05) is 12.1 Å². The Labute approximate surface area is 80.0 Å². The number of aryl methyl sites for hydroxylation is 2. The zero-order valence-corrected chi connectivity index (χ0v) is 7.28. The molecule has 1 aromatic rings. The van der Waals surface area contributed by atoms with Crippen LogP contribution in [-0.2, 0) is 22.4 Å². The average Bonchev–Trinajstić information content (AvgIpc) is 2.23. The summed E-state index contributed by atoms with van der Waals surface area (Å²) in [5, 5.41) is 0. The maximum absolute atomic E-state index is 10.2. The molecule has 0 heterocycles. The van der Waals surface area contributed by atoms with Gasteiger partial charge in [0.15, 0.2) is 0 Å². The summed E-state index contributed by atoms with van der Waals surface area (Å²) >= 11 is 0. The fourth-order valence-corrected chi connectivity index (χ4v) is 1.68. The van der Waals surface area contributed by atoms with Gasteiger partial charge in [-0.15, -0.1) is 0 Å². The number of hydrogen-bond donors (Lipinski definition) is 0. The molecule has 2 aliphatic rings. The second kappa shape index (κ2) is 3.38. The van der Waals surface area contributed by atoms with Crippen molar-refractivity contribution in [2.45, 2.75) is 12.8 Å². The molecule has 0 saturated heterocycles. The van der Waals surface area contributed by atoms with Crippen molar-refractivity contribution in [2.24, 2.45) is 9.98 Å². The first-order chi connectivity index (χ1) is 6.86. The molecule has 68 valence electrons. The third-order valence-corrected chi connectivity index (χ3v) is 2.30. The lowest BCUT2D eigenvalue weighted by Gasteiger charge is -2.16. The van der Waals surface area contributed by atoms with Gasteiger partial charge in [-0.25, -0.2) is 9.59 Å². The van der Waals surface area contributed by atoms with E-state index in [0.717, 1.165) is 24.0 Å². The van der Waals surface area contributed by atoms with E-state index in [1.54, 1.807) is 0 Å². The summed E-state index contributed by atoms with van der Waals surface area (Å²) in [7, 11) is 0. The highest BCUT2D eigenvalue weighted by Gasteiger charge is 2.18. The molecule has 0 aliphatic heterocycles. The minimum absolute atomic E-state index is 0.465. The van der Waals surface area contributed by atoms with E-state index in [0.29, 0.717) is 11.4 Å². The van der Waals surface area contributed by atoms with Crippen molar-refractivity contribution in [3.63, 3.8) is 0 Å². The fraction of sp³-hybridized carbons (Fsp3) is 0.200. The molecule has 2 bridgehead atoms. The first-order valence-electron chi connectivity index (χ1n) is 4.17. The molecule has 2 aliphatic carbocycles. The SMILES string of the molecule is O=C=Nc1c2ccc(c1N=C=O)CC2. The lowest BCUT2D eigenvalue weighted by Crippen LogP contribution is -2.00. The van der Waals surface area contributed by atoms with Gasteiger partial charge in [0.05, 0.1) is 0 Å². The third kappa shape index (κ3) is 1.19. The zero-order chi connectivity index (χ0) is 9.97. The monoisotopic (exact) mass is 186 g/mol. The second-order valence-corrected chi connectivity index (χ2v) is 2.99. The van der Waals surface area contributed by atoms with E-state index in [9.17, 15) is 9.59 Å². The van der Waals surface area contributed by atoms with Gasteiger partial charge in [0.1, 0.15) is 11.4 Å². The van der Waals surface area contributed by atoms with Crippen LogP contribution in [-0.4, -0.2) is 12.2 Å². The molecule has 0 spiro atoms. The van der Waals surface area contributed by atoms with Crippen molar-refractivity contribution in [3.05, 3.63) is 23.3 Å². The number of hydrogen-bond acceptors (Lipinski definition) is 4. The molecule has 4 heteroatoms. The smallest absolute Gasteiger partial charge is 0.211 e. The Balaban J connectivity index is 2.74. The predicted octanol–water partition coefficient (Wildman–Crippen LogP) is 1.72. The maximum Gasteiger partial charge on any atom is 0.240 e. The van der Waals surface area contributed by atoms with Crippen LogP contribution in [0.5, 0.6) is 0 Å². The Morgan fingerprint density at radius 3 is 1.64 bits per heavy atom. The quantitative estimate of drug-likeness (QED) is 0.521. The molecule has 0 amide bonds. The van der Waals surface area contributed by atoms with Crippen LogP contribution in [0.1, 0.15) is 11.1 Å². The van der Waals surface area contributed by atoms with Crippen molar-refractivity contribution in [1.29, 1.82) is 0 Å². The second-order valence-electron chi connectivity index (χ2n) is 2.99. The van der Waals surface area contributed by atoms with Gasteiger partial charge < -0.3 is 0 Å². The van der Waals surface area contributed by atoms with E-state index < -0.39 is 0 Å². The molecule has 0 fully saturated rings. The van der Waals surface area contributed by atoms with Crippen LogP contribution in [0, 0.1) is 0 Å². The summed E-state index contributed by atoms with van der Waals surface area (Å²) in [5.41, 5.74) is 2.79. The molecule has 0 radical (unpaired) electrons. The molecular weight excluding hydrogens is 180 g/mol. The Morgan fingerprint density at radius 2 is 1.36 bits per heavy atom. The molecule has 0 N–H and O–H groups in total. The van der Waals surface area contributed by atoms with Crippen molar-refractivity contribution in [2.75, 3.05) is 0 Å². The van der Waals surface area contributed by atoms with Crippen LogP contribution in [0.4, 0.5) is 11.4 Å². The van der Waals surface area contributed by atoms with Gasteiger partial charge in [-0.2, -0.15) is 9.98 Å². The van der Waals surface area contributed by atoms with Gasteiger partial charge in [0, 0.05) is 0 Å². The lowest BCUT2D eigenvalue weighted by molar-refractivity contribution is 0.564. The molecule has 0 unspecified atom stereocenters. The highest BCUT2D eigenvalue weighted by Crippen LogP contribution is 2.40. The summed E-state index contributed by atoms with van der Waals surface area (Å²) in [5.74, 6) is 0. The molecule has 0 aromatic heterocycles. The van der Waals surface area contributed by atoms with Crippen LogP contribution in [0.15, 0.2) is 22.1 Å². The number of rotatable bonds is 2. The van der Waals surface area contributed by atoms with Crippen molar-refractivity contribution in [3.8, 4) is 0 Å². The number of carbonyl (C=O) groups excluding carboxylic acids is 2. The lowest BCUT2D eigenvalue weighted by atomic mass is 9.92. The van der Waals surface area contributed by atoms with Crippen LogP contribution in [0.25, 0.3) is 0 Å². The van der Waals surface area contributed by atoms with Gasteiger partial charge in [-0.1, -0.05) is 12.1 Å². The molecule has 0 atom stereocenters. The first-order valence-corrected chi connectivity index (χ1v) is 4.17. The summed E-state index contributed by atoms with van der Waals surface area (Å²) in [4.78, 5) is 27.5. The molecule has 14 heavy (non-hydrogen) atoms. The average molecular weight is 186 g/mol. The number of isocyanates is 2. The van der Waals surface area contributed by atoms with Gasteiger partial charge in [0.25, 0.3) is 0 Å². The van der Waals surface area contributed by atoms with E-state index in [1.165, 1.54) is 12.2 Å². The highest BCUT2D eigenvalue weighted by atomic mass is 16.1. The summed E-state index contributed by atoms with van der Waals surface area (Å²) in [6.45, 7) is 0. The van der Waals surface area contributed by atoms with Crippen molar-refractivity contribution >= 4 is 23.5 Å². The van der Waals surface area contributed by atoms with E-state index in [4.69, 9.17) is 0 Å². The van der Waals surface area contributed by atoms with E-state index >= 15 is 0 Å². The number of benzene rings is 1. The summed E-state index contributed by atoms with van der Waals surface area (Å²) < 4.78 is 0. The number of nitrogens with zero attached hydrogens (tertiary/aromatic N) is 2. The highest BCUT2D eigenvalue weighted by molar-refractivity contribution is 5.76. The zero-order valence-electron chi connectivity index (χ0n) is 7.28. The predicted molar refractivity (Wildman–Crippen MR) is 49.4 cm³/mol. The largest absolute Gasteiger partial charge is 0.240 e. The topological polar surface area (TPSA) is 58.9 Å². The van der Waals surface area contributed by atoms with Crippen LogP contribution in [0.2, 0.25) is 0 Å². The van der Waals surface area contributed by atoms with Gasteiger partial charge in [-0.3, -0.25) is 0 Å². The summed E-state index contributed by atoms with van der Waals surface area (Å²) in [6, 6.07) is 3.78. The molecule has 3 rings (SSSR count). The van der Waals surface area contributed by atoms with E-state index in [2.05, 4.69) is 9.98 Å². The van der Waals surface area contributed by atoms with E-state index in [-0.39, 0.29) is 0 Å². The first kappa shape index (κ1) is 8.57. The standard InChI is InChI=1S/C10H6N2O2/c13-5-11-9-7-1-2-8(4-3-7)10(9)12-6-14/h1-2H,3-4H2. The Morgan fingerprint density at radius 1 is 0.929 bits per heavy atom. The maximum atomic E-state index is 10.2. The summed E-state index contributed by atoms with van der Waals surface area (Å²) in [6.07, 6.45) is 4.61. The minimum atomic E-state index is 0.465. The fourth-order valence-electron chi connectivity index (χ4n) is 1.68. The molecule has 0 saturated carbocycles. The molecule has 1 aromatic carbocycles. The Hall–Kier alpha value is -2.02. The Bertz CT molecular complexity index is 436. The normalized spacial score (nSPS) is 11.7. The van der Waals surface area contributed by atoms with Crippen LogP contribution >= 0.6 is 0 Å². The minimum Gasteiger partial charge on any atom is -0.211 e. The van der Waals surface area contributed by atoms with Crippen molar-refractivity contribution < 1.29 is 9.59 Å². The molecular formula is C10H6N2O2. The van der Waals surface area contributed by atoms with Crippen LogP contribution in [0.3, 0.4) is 0 Å². The third-order valence-electron chi connectivity index (χ3n) is 2.30. The Kier molecular flexibility index (Phi) is 2.07. The number of fused-ring (bicyclic) bond motifs is 3. The molecule has 4 nitrogen and oxygen atoms in total. The van der Waals surface area contributed by atoms with Gasteiger partial charge in [-0.05, 0) is 24.0 Å². The van der Waals surface area contributed by atoms with Gasteiger partial charge >= 0.3 is 0 Å². The van der Waals surface area contributed by atoms with Crippen LogP contribution < -0.4 is 0 Å². The number of aliphatic imine (C=N–C) groups is 2. The van der Waals surface area contributed by atoms with Crippen molar-refractivity contribution in [1.82, 2.24) is 0 Å². The van der Waals surface area contributed by atoms with Gasteiger partial charge in [0.2, 0.25) is 12.2 Å².